The minimum atomic E-state index is -1.45. The van der Waals surface area contributed by atoms with Crippen LogP contribution in [0.3, 0.4) is 0 Å². The molecule has 0 saturated carbocycles. The number of hydrogen-bond donors (Lipinski definition) is 5. The van der Waals surface area contributed by atoms with E-state index >= 15 is 0 Å². The van der Waals surface area contributed by atoms with Crippen LogP contribution in [-0.2, 0) is 9.47 Å². The van der Waals surface area contributed by atoms with E-state index in [0.717, 1.165) is 11.1 Å². The van der Waals surface area contributed by atoms with Crippen LogP contribution in [0, 0.1) is 17.3 Å². The van der Waals surface area contributed by atoms with Crippen molar-refractivity contribution < 1.29 is 35.0 Å². The number of aliphatic hydroxyl groups excluding tert-OH is 5. The summed E-state index contributed by atoms with van der Waals surface area (Å²) in [6, 6.07) is 0. The topological polar surface area (TPSA) is 120 Å². The molecule has 2 aliphatic rings. The minimum Gasteiger partial charge on any atom is -0.394 e. The highest BCUT2D eigenvalue weighted by atomic mass is 16.7. The van der Waals surface area contributed by atoms with E-state index in [-0.39, 0.29) is 11.5 Å². The van der Waals surface area contributed by atoms with Crippen LogP contribution in [0.5, 0.6) is 0 Å². The third-order valence-corrected chi connectivity index (χ3v) is 4.96. The van der Waals surface area contributed by atoms with Crippen molar-refractivity contribution >= 4 is 0 Å². The Morgan fingerprint density at radius 2 is 1.88 bits per heavy atom. The van der Waals surface area contributed by atoms with Crippen LogP contribution in [0.4, 0.5) is 0 Å². The van der Waals surface area contributed by atoms with E-state index in [1.807, 2.05) is 20.8 Å². The molecule has 7 heteroatoms. The van der Waals surface area contributed by atoms with E-state index in [1.54, 1.807) is 6.92 Å². The average molecular weight is 370 g/mol. The molecule has 0 spiro atoms. The molecule has 1 fully saturated rings. The van der Waals surface area contributed by atoms with Crippen LogP contribution in [0.1, 0.15) is 40.5 Å². The SMILES string of the molecule is CC1=C(C#C[C@H](C)O)C(C)(C)C[C@H](O[C@@H]2O[C@H](CO)[C@@H](O)[C@H](O)[C@H]2O)C1. The summed E-state index contributed by atoms with van der Waals surface area (Å²) < 4.78 is 11.3. The van der Waals surface area contributed by atoms with Gasteiger partial charge in [-0.1, -0.05) is 31.3 Å². The molecular weight excluding hydrogens is 340 g/mol. The summed E-state index contributed by atoms with van der Waals surface area (Å²) in [7, 11) is 0. The van der Waals surface area contributed by atoms with Crippen LogP contribution < -0.4 is 0 Å². The second kappa shape index (κ2) is 8.36. The van der Waals surface area contributed by atoms with E-state index in [1.165, 1.54) is 0 Å². The van der Waals surface area contributed by atoms with E-state index in [2.05, 4.69) is 11.8 Å². The van der Waals surface area contributed by atoms with Gasteiger partial charge in [0.25, 0.3) is 0 Å². The molecule has 148 valence electrons. The maximum absolute atomic E-state index is 10.1. The molecule has 1 saturated heterocycles. The molecule has 0 radical (unpaired) electrons. The molecule has 1 heterocycles. The Morgan fingerprint density at radius 3 is 2.42 bits per heavy atom. The van der Waals surface area contributed by atoms with Gasteiger partial charge >= 0.3 is 0 Å². The van der Waals surface area contributed by atoms with E-state index in [9.17, 15) is 25.5 Å². The second-order valence-electron chi connectivity index (χ2n) is 7.85. The van der Waals surface area contributed by atoms with Crippen molar-refractivity contribution in [3.8, 4) is 11.8 Å². The fourth-order valence-electron chi connectivity index (χ4n) is 3.68. The summed E-state index contributed by atoms with van der Waals surface area (Å²) in [6.07, 6.45) is -6.17. The van der Waals surface area contributed by atoms with Gasteiger partial charge < -0.3 is 35.0 Å². The molecule has 7 nitrogen and oxygen atoms in total. The smallest absolute Gasteiger partial charge is 0.186 e. The molecule has 1 aliphatic carbocycles. The first-order valence-corrected chi connectivity index (χ1v) is 8.92. The lowest BCUT2D eigenvalue weighted by Gasteiger charge is -2.43. The van der Waals surface area contributed by atoms with Gasteiger partial charge in [0.1, 0.15) is 30.5 Å². The quantitative estimate of drug-likeness (QED) is 0.432. The van der Waals surface area contributed by atoms with Crippen LogP contribution >= 0.6 is 0 Å². The first kappa shape index (κ1) is 21.3. The highest BCUT2D eigenvalue weighted by Crippen LogP contribution is 2.41. The molecule has 0 amide bonds. The summed E-state index contributed by atoms with van der Waals surface area (Å²) in [5.41, 5.74) is 1.71. The van der Waals surface area contributed by atoms with Gasteiger partial charge in [-0.15, -0.1) is 0 Å². The monoisotopic (exact) mass is 370 g/mol. The van der Waals surface area contributed by atoms with Crippen molar-refractivity contribution in [1.82, 2.24) is 0 Å². The number of rotatable bonds is 3. The standard InChI is InChI=1S/C19H30O7/c1-10-7-12(8-19(3,4)13(10)6-5-11(2)21)25-18-17(24)16(23)15(22)14(9-20)26-18/h11-12,14-18,20-24H,7-9H2,1-4H3/t11-,12+,14+,15+,16-,17+,18+/m0/s1. The zero-order valence-corrected chi connectivity index (χ0v) is 15.7. The second-order valence-corrected chi connectivity index (χ2v) is 7.85. The van der Waals surface area contributed by atoms with Crippen molar-refractivity contribution in [1.29, 1.82) is 0 Å². The highest BCUT2D eigenvalue weighted by Gasteiger charge is 2.45. The third kappa shape index (κ3) is 4.65. The third-order valence-electron chi connectivity index (χ3n) is 4.96. The van der Waals surface area contributed by atoms with Gasteiger partial charge in [0.15, 0.2) is 6.29 Å². The molecule has 26 heavy (non-hydrogen) atoms. The van der Waals surface area contributed by atoms with Crippen LogP contribution in [0.2, 0.25) is 0 Å². The lowest BCUT2D eigenvalue weighted by Crippen LogP contribution is -2.59. The average Bonchev–Trinajstić information content (AvgIpc) is 2.53. The molecule has 0 aromatic rings. The first-order valence-electron chi connectivity index (χ1n) is 8.92. The van der Waals surface area contributed by atoms with Crippen molar-refractivity contribution in [3.05, 3.63) is 11.1 Å². The summed E-state index contributed by atoms with van der Waals surface area (Å²) in [5.74, 6) is 5.84. The minimum absolute atomic E-state index is 0.275. The number of aliphatic hydroxyl groups is 5. The lowest BCUT2D eigenvalue weighted by molar-refractivity contribution is -0.312. The van der Waals surface area contributed by atoms with Gasteiger partial charge in [-0.2, -0.15) is 0 Å². The molecule has 0 bridgehead atoms. The number of hydrogen-bond acceptors (Lipinski definition) is 7. The highest BCUT2D eigenvalue weighted by molar-refractivity contribution is 5.40. The van der Waals surface area contributed by atoms with Gasteiger partial charge in [-0.25, -0.2) is 0 Å². The van der Waals surface area contributed by atoms with E-state index in [0.29, 0.717) is 12.8 Å². The predicted octanol–water partition coefficient (Wildman–Crippen LogP) is -0.308. The summed E-state index contributed by atoms with van der Waals surface area (Å²) in [4.78, 5) is 0. The Bertz CT molecular complexity index is 584. The van der Waals surface area contributed by atoms with Crippen molar-refractivity contribution in [2.45, 2.75) is 83.5 Å². The molecular formula is C19H30O7. The predicted molar refractivity (Wildman–Crippen MR) is 93.8 cm³/mol. The Kier molecular flexibility index (Phi) is 6.86. The van der Waals surface area contributed by atoms with Crippen LogP contribution in [0.15, 0.2) is 11.1 Å². The lowest BCUT2D eigenvalue weighted by atomic mass is 9.71. The zero-order valence-electron chi connectivity index (χ0n) is 15.7. The number of allylic oxidation sites excluding steroid dienone is 1. The van der Waals surface area contributed by atoms with Gasteiger partial charge in [0, 0.05) is 11.0 Å². The molecule has 7 atom stereocenters. The zero-order chi connectivity index (χ0) is 19.6. The molecule has 0 aromatic carbocycles. The van der Waals surface area contributed by atoms with Crippen molar-refractivity contribution in [2.75, 3.05) is 6.61 Å². The molecule has 5 N–H and O–H groups in total. The molecule has 0 unspecified atom stereocenters. The summed E-state index contributed by atoms with van der Waals surface area (Å²) >= 11 is 0. The number of ether oxygens (including phenoxy) is 2. The summed E-state index contributed by atoms with van der Waals surface area (Å²) in [5, 5.41) is 48.6. The Morgan fingerprint density at radius 1 is 1.23 bits per heavy atom. The maximum Gasteiger partial charge on any atom is 0.186 e. The van der Waals surface area contributed by atoms with Gasteiger partial charge in [-0.3, -0.25) is 0 Å². The van der Waals surface area contributed by atoms with Crippen molar-refractivity contribution in [3.63, 3.8) is 0 Å². The summed E-state index contributed by atoms with van der Waals surface area (Å²) in [6.45, 7) is 7.15. The van der Waals surface area contributed by atoms with Crippen LogP contribution in [0.25, 0.3) is 0 Å². The maximum atomic E-state index is 10.1. The van der Waals surface area contributed by atoms with Gasteiger partial charge in [0.2, 0.25) is 0 Å². The first-order chi connectivity index (χ1) is 12.1. The fourth-order valence-corrected chi connectivity index (χ4v) is 3.68. The molecule has 0 aromatic heterocycles. The van der Waals surface area contributed by atoms with Gasteiger partial charge in [-0.05, 0) is 26.7 Å². The fraction of sp³-hybridized carbons (Fsp3) is 0.789. The van der Waals surface area contributed by atoms with E-state index in [4.69, 9.17) is 9.47 Å². The van der Waals surface area contributed by atoms with Gasteiger partial charge in [0.05, 0.1) is 12.7 Å². The largest absolute Gasteiger partial charge is 0.394 e. The Hall–Kier alpha value is -0.980. The molecule has 2 rings (SSSR count). The molecule has 1 aliphatic heterocycles. The van der Waals surface area contributed by atoms with Crippen molar-refractivity contribution in [2.24, 2.45) is 5.41 Å². The van der Waals surface area contributed by atoms with Crippen LogP contribution in [-0.4, -0.2) is 75.1 Å². The van der Waals surface area contributed by atoms with E-state index < -0.39 is 43.4 Å². The Balaban J connectivity index is 2.13. The normalized spacial score (nSPS) is 38.5. The Labute approximate surface area is 154 Å².